The van der Waals surface area contributed by atoms with Gasteiger partial charge in [-0.1, -0.05) is 11.5 Å². The fraction of sp³-hybridized carbons (Fsp3) is 0.619. The zero-order valence-electron chi connectivity index (χ0n) is 18.7. The second-order valence-electron chi connectivity index (χ2n) is 7.98. The van der Waals surface area contributed by atoms with Crippen molar-refractivity contribution in [1.82, 2.24) is 25.8 Å². The second kappa shape index (κ2) is 12.3. The van der Waals surface area contributed by atoms with Crippen LogP contribution in [0.5, 0.6) is 0 Å². The lowest BCUT2D eigenvalue weighted by molar-refractivity contribution is -0.121. The molecule has 0 radical (unpaired) electrons. The van der Waals surface area contributed by atoms with Crippen molar-refractivity contribution in [2.45, 2.75) is 56.5 Å². The van der Waals surface area contributed by atoms with Crippen molar-refractivity contribution in [2.24, 2.45) is 5.11 Å². The summed E-state index contributed by atoms with van der Waals surface area (Å²) in [4.78, 5) is 44.9. The van der Waals surface area contributed by atoms with Crippen LogP contribution in [-0.2, 0) is 11.3 Å². The molecule has 4 amide bonds. The number of fused-ring (bicyclic) bond motifs is 1. The lowest BCUT2D eigenvalue weighted by Gasteiger charge is -2.26. The van der Waals surface area contributed by atoms with Gasteiger partial charge in [0.25, 0.3) is 5.91 Å². The van der Waals surface area contributed by atoms with Gasteiger partial charge in [-0.25, -0.2) is 4.79 Å². The number of hydrogen-bond acceptors (Lipinski definition) is 6. The maximum atomic E-state index is 12.1. The normalized spacial score (nSPS) is 21.2. The topological polar surface area (TPSA) is 152 Å². The number of thioether (sulfide) groups is 1. The van der Waals surface area contributed by atoms with Gasteiger partial charge >= 0.3 is 6.03 Å². The Morgan fingerprint density at radius 2 is 2.15 bits per heavy atom. The highest BCUT2D eigenvalue weighted by atomic mass is 32.2. The molecule has 1 aromatic rings. The van der Waals surface area contributed by atoms with E-state index in [0.29, 0.717) is 36.0 Å². The van der Waals surface area contributed by atoms with Gasteiger partial charge in [0.1, 0.15) is 0 Å². The molecular formula is C21H30N8O3S. The number of nitrogens with one attached hydrogen (secondary N) is 3. The first-order valence-electron chi connectivity index (χ1n) is 11.2. The van der Waals surface area contributed by atoms with Crippen LogP contribution < -0.4 is 16.0 Å². The second-order valence-corrected chi connectivity index (χ2v) is 9.26. The quantitative estimate of drug-likeness (QED) is 0.139. The van der Waals surface area contributed by atoms with Gasteiger partial charge in [-0.05, 0) is 37.4 Å². The monoisotopic (exact) mass is 474 g/mol. The summed E-state index contributed by atoms with van der Waals surface area (Å²) in [5, 5.41) is 12.5. The molecule has 2 unspecified atom stereocenters. The molecule has 2 fully saturated rings. The maximum absolute atomic E-state index is 12.1. The molecule has 11 nitrogen and oxygen atoms in total. The van der Waals surface area contributed by atoms with Gasteiger partial charge < -0.3 is 20.9 Å². The standard InChI is InChI=1S/C21H30N8O3S/c1-2-29-19-16(27-21(29)32)13-33-17(19)5-3-4-6-18(30)23-9-10-24-20(31)14-7-8-15(25-11-14)12-26-28-22/h7-8,11,16-17,19H,2-6,9-10,12-13H2,1H3,(H,23,30)(H,24,31)(H,27,32)/t16?,17-,19?/m0/s1. The lowest BCUT2D eigenvalue weighted by Crippen LogP contribution is -2.40. The van der Waals surface area contributed by atoms with E-state index in [1.54, 1.807) is 12.1 Å². The number of carbonyl (C=O) groups is 3. The summed E-state index contributed by atoms with van der Waals surface area (Å²) in [7, 11) is 0. The van der Waals surface area contributed by atoms with E-state index in [4.69, 9.17) is 5.53 Å². The molecule has 0 bridgehead atoms. The summed E-state index contributed by atoms with van der Waals surface area (Å²) >= 11 is 1.92. The Kier molecular flexibility index (Phi) is 9.20. The van der Waals surface area contributed by atoms with E-state index >= 15 is 0 Å². The molecule has 3 heterocycles. The Balaban J connectivity index is 1.26. The van der Waals surface area contributed by atoms with Crippen LogP contribution in [-0.4, -0.2) is 70.5 Å². The van der Waals surface area contributed by atoms with Crippen LogP contribution in [0.4, 0.5) is 4.79 Å². The Morgan fingerprint density at radius 3 is 2.88 bits per heavy atom. The number of carbonyl (C=O) groups excluding carboxylic acids is 3. The predicted octanol–water partition coefficient (Wildman–Crippen LogP) is 2.20. The molecule has 0 aromatic carbocycles. The number of unbranched alkanes of at least 4 members (excludes halogenated alkanes) is 1. The number of nitrogens with zero attached hydrogens (tertiary/aromatic N) is 5. The van der Waals surface area contributed by atoms with E-state index in [2.05, 4.69) is 31.0 Å². The van der Waals surface area contributed by atoms with Crippen LogP contribution >= 0.6 is 11.8 Å². The molecule has 0 saturated carbocycles. The van der Waals surface area contributed by atoms with E-state index in [1.165, 1.54) is 6.20 Å². The lowest BCUT2D eigenvalue weighted by atomic mass is 10.0. The van der Waals surface area contributed by atoms with Crippen molar-refractivity contribution in [2.75, 3.05) is 25.4 Å². The summed E-state index contributed by atoms with van der Waals surface area (Å²) in [6, 6.07) is 3.81. The van der Waals surface area contributed by atoms with Crippen molar-refractivity contribution in [3.63, 3.8) is 0 Å². The molecule has 1 aromatic heterocycles. The molecule has 0 spiro atoms. The number of amides is 4. The van der Waals surface area contributed by atoms with E-state index in [1.807, 2.05) is 23.6 Å². The number of azide groups is 1. The van der Waals surface area contributed by atoms with Crippen LogP contribution in [0, 0.1) is 0 Å². The van der Waals surface area contributed by atoms with Crippen LogP contribution in [0.3, 0.4) is 0 Å². The SMILES string of the molecule is CCN1C(=O)NC2CS[C@@H](CCCCC(=O)NCCNC(=O)c3ccc(CN=[N+]=[N-])nc3)C21. The minimum absolute atomic E-state index is 0.0295. The summed E-state index contributed by atoms with van der Waals surface area (Å²) < 4.78 is 0. The third kappa shape index (κ3) is 6.75. The molecule has 2 aliphatic heterocycles. The number of aromatic nitrogens is 1. The summed E-state index contributed by atoms with van der Waals surface area (Å²) in [5.41, 5.74) is 9.30. The highest BCUT2D eigenvalue weighted by Gasteiger charge is 2.47. The van der Waals surface area contributed by atoms with E-state index in [0.717, 1.165) is 31.6 Å². The van der Waals surface area contributed by atoms with Crippen LogP contribution in [0.25, 0.3) is 10.4 Å². The fourth-order valence-electron chi connectivity index (χ4n) is 4.17. The van der Waals surface area contributed by atoms with Crippen LogP contribution in [0.2, 0.25) is 0 Å². The molecule has 178 valence electrons. The van der Waals surface area contributed by atoms with Gasteiger partial charge in [-0.15, -0.1) is 0 Å². The van der Waals surface area contributed by atoms with Gasteiger partial charge in [0.05, 0.1) is 24.2 Å². The molecule has 2 saturated heterocycles. The first-order chi connectivity index (χ1) is 16.0. The fourth-order valence-corrected chi connectivity index (χ4v) is 5.77. The predicted molar refractivity (Wildman–Crippen MR) is 126 cm³/mol. The number of likely N-dealkylation sites (N-methyl/N-ethyl adjacent to an activating group) is 1. The minimum atomic E-state index is -0.277. The first-order valence-corrected chi connectivity index (χ1v) is 12.3. The highest BCUT2D eigenvalue weighted by Crippen LogP contribution is 2.37. The van der Waals surface area contributed by atoms with Gasteiger partial charge in [0.2, 0.25) is 5.91 Å². The molecule has 2 aliphatic rings. The third-order valence-corrected chi connectivity index (χ3v) is 7.31. The summed E-state index contributed by atoms with van der Waals surface area (Å²) in [5.74, 6) is 0.651. The van der Waals surface area contributed by atoms with Crippen molar-refractivity contribution in [3.05, 3.63) is 40.0 Å². The van der Waals surface area contributed by atoms with Crippen molar-refractivity contribution < 1.29 is 14.4 Å². The number of hydrogen-bond donors (Lipinski definition) is 3. The van der Waals surface area contributed by atoms with E-state index in [-0.39, 0.29) is 36.5 Å². The van der Waals surface area contributed by atoms with Crippen LogP contribution in [0.15, 0.2) is 23.4 Å². The van der Waals surface area contributed by atoms with Crippen molar-refractivity contribution in [1.29, 1.82) is 0 Å². The highest BCUT2D eigenvalue weighted by molar-refractivity contribution is 8.00. The zero-order valence-corrected chi connectivity index (χ0v) is 19.5. The average Bonchev–Trinajstić information content (AvgIpc) is 3.35. The number of rotatable bonds is 12. The molecular weight excluding hydrogens is 444 g/mol. The summed E-state index contributed by atoms with van der Waals surface area (Å²) in [6.07, 6.45) is 4.62. The number of urea groups is 1. The maximum Gasteiger partial charge on any atom is 0.318 e. The third-order valence-electron chi connectivity index (χ3n) is 5.81. The van der Waals surface area contributed by atoms with Crippen molar-refractivity contribution >= 4 is 29.6 Å². The molecule has 3 N–H and O–H groups in total. The Hall–Kier alpha value is -2.98. The van der Waals surface area contributed by atoms with E-state index in [9.17, 15) is 14.4 Å². The molecule has 12 heteroatoms. The minimum Gasteiger partial charge on any atom is -0.354 e. The van der Waals surface area contributed by atoms with E-state index < -0.39 is 0 Å². The van der Waals surface area contributed by atoms with Gasteiger partial charge in [0.15, 0.2) is 0 Å². The summed E-state index contributed by atoms with van der Waals surface area (Å²) in [6.45, 7) is 3.55. The van der Waals surface area contributed by atoms with Gasteiger partial charge in [-0.2, -0.15) is 11.8 Å². The molecule has 0 aliphatic carbocycles. The zero-order chi connectivity index (χ0) is 23.6. The van der Waals surface area contributed by atoms with Gasteiger partial charge in [0, 0.05) is 53.9 Å². The Bertz CT molecular complexity index is 890. The molecule has 3 rings (SSSR count). The Labute approximate surface area is 197 Å². The largest absolute Gasteiger partial charge is 0.354 e. The van der Waals surface area contributed by atoms with Crippen LogP contribution in [0.1, 0.15) is 48.7 Å². The van der Waals surface area contributed by atoms with Crippen molar-refractivity contribution in [3.8, 4) is 0 Å². The average molecular weight is 475 g/mol. The molecule has 3 atom stereocenters. The van der Waals surface area contributed by atoms with Gasteiger partial charge in [-0.3, -0.25) is 14.6 Å². The first kappa shape index (κ1) is 24.7. The smallest absolute Gasteiger partial charge is 0.318 e. The Morgan fingerprint density at radius 1 is 1.33 bits per heavy atom. The number of pyridine rings is 1. The molecule has 33 heavy (non-hydrogen) atoms.